The van der Waals surface area contributed by atoms with Gasteiger partial charge in [0, 0.05) is 24.1 Å². The van der Waals surface area contributed by atoms with E-state index in [1.807, 2.05) is 30.3 Å². The molecule has 0 aliphatic heterocycles. The lowest BCUT2D eigenvalue weighted by Crippen LogP contribution is -2.15. The second kappa shape index (κ2) is 9.84. The highest BCUT2D eigenvalue weighted by atomic mass is 32.2. The molecule has 0 spiro atoms. The monoisotopic (exact) mass is 410 g/mol. The van der Waals surface area contributed by atoms with Gasteiger partial charge in [0.15, 0.2) is 0 Å². The molecular formula is C22H22N2O4S. The SMILES string of the molecule is COc1cc(OC)c(NC(=O)c2cccnc2SCc2ccccc2)c(OC)c1. The minimum atomic E-state index is -0.296. The number of hydrogen-bond acceptors (Lipinski definition) is 6. The first kappa shape index (κ1) is 20.5. The predicted molar refractivity (Wildman–Crippen MR) is 114 cm³/mol. The van der Waals surface area contributed by atoms with Crippen LogP contribution in [0.4, 0.5) is 5.69 Å². The van der Waals surface area contributed by atoms with E-state index in [2.05, 4.69) is 10.3 Å². The van der Waals surface area contributed by atoms with Gasteiger partial charge in [0.2, 0.25) is 0 Å². The van der Waals surface area contributed by atoms with Crippen LogP contribution in [0.1, 0.15) is 15.9 Å². The number of benzene rings is 2. The molecule has 150 valence electrons. The average Bonchev–Trinajstić information content (AvgIpc) is 2.78. The first-order valence-corrected chi connectivity index (χ1v) is 9.88. The molecule has 0 aliphatic rings. The summed E-state index contributed by atoms with van der Waals surface area (Å²) in [7, 11) is 4.60. The van der Waals surface area contributed by atoms with Gasteiger partial charge in [-0.1, -0.05) is 30.3 Å². The van der Waals surface area contributed by atoms with Gasteiger partial charge in [-0.3, -0.25) is 4.79 Å². The van der Waals surface area contributed by atoms with Crippen LogP contribution >= 0.6 is 11.8 Å². The van der Waals surface area contributed by atoms with Crippen molar-refractivity contribution in [2.24, 2.45) is 0 Å². The van der Waals surface area contributed by atoms with Crippen molar-refractivity contribution >= 4 is 23.4 Å². The molecule has 3 aromatic rings. The van der Waals surface area contributed by atoms with Crippen LogP contribution in [0.2, 0.25) is 0 Å². The maximum atomic E-state index is 13.0. The summed E-state index contributed by atoms with van der Waals surface area (Å²) in [5.74, 6) is 1.87. The summed E-state index contributed by atoms with van der Waals surface area (Å²) in [5, 5.41) is 3.54. The van der Waals surface area contributed by atoms with Gasteiger partial charge < -0.3 is 19.5 Å². The number of amides is 1. The fourth-order valence-electron chi connectivity index (χ4n) is 2.71. The molecule has 29 heavy (non-hydrogen) atoms. The molecule has 0 aliphatic carbocycles. The Bertz CT molecular complexity index is 955. The van der Waals surface area contributed by atoms with Gasteiger partial charge in [0.25, 0.3) is 5.91 Å². The minimum Gasteiger partial charge on any atom is -0.496 e. The molecule has 3 rings (SSSR count). The van der Waals surface area contributed by atoms with Crippen LogP contribution in [0.25, 0.3) is 0 Å². The number of nitrogens with zero attached hydrogens (tertiary/aromatic N) is 1. The molecule has 1 N–H and O–H groups in total. The number of carbonyl (C=O) groups excluding carboxylic acids is 1. The van der Waals surface area contributed by atoms with E-state index >= 15 is 0 Å². The Labute approximate surface area is 174 Å². The molecule has 6 nitrogen and oxygen atoms in total. The van der Waals surface area contributed by atoms with Crippen LogP contribution in [-0.4, -0.2) is 32.2 Å². The Balaban J connectivity index is 1.85. The van der Waals surface area contributed by atoms with Gasteiger partial charge >= 0.3 is 0 Å². The van der Waals surface area contributed by atoms with E-state index in [1.54, 1.807) is 37.6 Å². The molecule has 0 atom stereocenters. The second-order valence-electron chi connectivity index (χ2n) is 5.99. The molecule has 0 radical (unpaired) electrons. The number of pyridine rings is 1. The second-order valence-corrected chi connectivity index (χ2v) is 6.96. The fourth-order valence-corrected chi connectivity index (χ4v) is 3.66. The van der Waals surface area contributed by atoms with Crippen molar-refractivity contribution < 1.29 is 19.0 Å². The van der Waals surface area contributed by atoms with E-state index in [4.69, 9.17) is 14.2 Å². The first-order chi connectivity index (χ1) is 14.2. The molecule has 1 aromatic heterocycles. The van der Waals surface area contributed by atoms with Crippen molar-refractivity contribution in [1.82, 2.24) is 4.98 Å². The van der Waals surface area contributed by atoms with Crippen molar-refractivity contribution in [3.63, 3.8) is 0 Å². The minimum absolute atomic E-state index is 0.296. The number of thioether (sulfide) groups is 1. The molecule has 0 unspecified atom stereocenters. The molecule has 0 bridgehead atoms. The average molecular weight is 410 g/mol. The lowest BCUT2D eigenvalue weighted by atomic mass is 10.2. The molecule has 0 saturated carbocycles. The zero-order valence-corrected chi connectivity index (χ0v) is 17.3. The summed E-state index contributed by atoms with van der Waals surface area (Å²) in [6, 6.07) is 16.9. The smallest absolute Gasteiger partial charge is 0.258 e. The van der Waals surface area contributed by atoms with Gasteiger partial charge in [0.05, 0.1) is 26.9 Å². The standard InChI is InChI=1S/C22H22N2O4S/c1-26-16-12-18(27-2)20(19(13-16)28-3)24-21(25)17-10-7-11-23-22(17)29-14-15-8-5-4-6-9-15/h4-13H,14H2,1-3H3,(H,24,25). The molecular weight excluding hydrogens is 388 g/mol. The van der Waals surface area contributed by atoms with E-state index in [1.165, 1.54) is 26.0 Å². The van der Waals surface area contributed by atoms with Crippen molar-refractivity contribution in [2.45, 2.75) is 10.8 Å². The number of ether oxygens (including phenoxy) is 3. The summed E-state index contributed by atoms with van der Waals surface area (Å²) in [4.78, 5) is 17.4. The van der Waals surface area contributed by atoms with Crippen molar-refractivity contribution in [3.05, 3.63) is 71.9 Å². The quantitative estimate of drug-likeness (QED) is 0.545. The van der Waals surface area contributed by atoms with Crippen molar-refractivity contribution in [3.8, 4) is 17.2 Å². The fraction of sp³-hybridized carbons (Fsp3) is 0.182. The Morgan fingerprint density at radius 1 is 0.966 bits per heavy atom. The van der Waals surface area contributed by atoms with Crippen LogP contribution in [0, 0.1) is 0 Å². The largest absolute Gasteiger partial charge is 0.496 e. The highest BCUT2D eigenvalue weighted by Gasteiger charge is 2.19. The van der Waals surface area contributed by atoms with Crippen LogP contribution in [0.3, 0.4) is 0 Å². The van der Waals surface area contributed by atoms with Crippen LogP contribution in [-0.2, 0) is 5.75 Å². The van der Waals surface area contributed by atoms with E-state index in [0.29, 0.717) is 39.3 Å². The Morgan fingerprint density at radius 2 is 1.66 bits per heavy atom. The first-order valence-electron chi connectivity index (χ1n) is 8.89. The highest BCUT2D eigenvalue weighted by Crippen LogP contribution is 2.39. The summed E-state index contributed by atoms with van der Waals surface area (Å²) in [5.41, 5.74) is 2.07. The normalized spacial score (nSPS) is 10.3. The van der Waals surface area contributed by atoms with Gasteiger partial charge in [-0.25, -0.2) is 4.98 Å². The Kier molecular flexibility index (Phi) is 6.97. The summed E-state index contributed by atoms with van der Waals surface area (Å²) in [6.45, 7) is 0. The van der Waals surface area contributed by atoms with Crippen LogP contribution in [0.5, 0.6) is 17.2 Å². The third-order valence-electron chi connectivity index (χ3n) is 4.19. The number of anilines is 1. The molecule has 0 saturated heterocycles. The van der Waals surface area contributed by atoms with Gasteiger partial charge in [0.1, 0.15) is 28.0 Å². The van der Waals surface area contributed by atoms with Gasteiger partial charge in [-0.2, -0.15) is 0 Å². The summed E-state index contributed by atoms with van der Waals surface area (Å²) < 4.78 is 16.1. The summed E-state index contributed by atoms with van der Waals surface area (Å²) in [6.07, 6.45) is 1.68. The van der Waals surface area contributed by atoms with Gasteiger partial charge in [-0.15, -0.1) is 11.8 Å². The zero-order chi connectivity index (χ0) is 20.6. The zero-order valence-electron chi connectivity index (χ0n) is 16.5. The Hall–Kier alpha value is -3.19. The third kappa shape index (κ3) is 5.00. The van der Waals surface area contributed by atoms with E-state index in [0.717, 1.165) is 5.56 Å². The number of nitrogens with one attached hydrogen (secondary N) is 1. The van der Waals surface area contributed by atoms with Crippen LogP contribution < -0.4 is 19.5 Å². The van der Waals surface area contributed by atoms with Crippen molar-refractivity contribution in [2.75, 3.05) is 26.6 Å². The lowest BCUT2D eigenvalue weighted by Gasteiger charge is -2.16. The number of hydrogen-bond donors (Lipinski definition) is 1. The lowest BCUT2D eigenvalue weighted by molar-refractivity contribution is 0.102. The number of rotatable bonds is 8. The highest BCUT2D eigenvalue weighted by molar-refractivity contribution is 7.98. The van der Waals surface area contributed by atoms with Gasteiger partial charge in [-0.05, 0) is 17.7 Å². The molecule has 0 fully saturated rings. The maximum Gasteiger partial charge on any atom is 0.258 e. The predicted octanol–water partition coefficient (Wildman–Crippen LogP) is 4.65. The Morgan fingerprint density at radius 3 is 2.28 bits per heavy atom. The summed E-state index contributed by atoms with van der Waals surface area (Å²) >= 11 is 1.51. The topological polar surface area (TPSA) is 69.7 Å². The third-order valence-corrected chi connectivity index (χ3v) is 5.26. The van der Waals surface area contributed by atoms with E-state index < -0.39 is 0 Å². The number of aromatic nitrogens is 1. The molecule has 1 heterocycles. The number of carbonyl (C=O) groups is 1. The van der Waals surface area contributed by atoms with E-state index in [9.17, 15) is 4.79 Å². The van der Waals surface area contributed by atoms with Crippen LogP contribution in [0.15, 0.2) is 65.8 Å². The maximum absolute atomic E-state index is 13.0. The van der Waals surface area contributed by atoms with Crippen molar-refractivity contribution in [1.29, 1.82) is 0 Å². The van der Waals surface area contributed by atoms with E-state index in [-0.39, 0.29) is 5.91 Å². The number of methoxy groups -OCH3 is 3. The molecule has 2 aromatic carbocycles. The molecule has 7 heteroatoms. The molecule has 1 amide bonds.